The highest BCUT2D eigenvalue weighted by molar-refractivity contribution is 5.49. The van der Waals surface area contributed by atoms with Crippen LogP contribution in [0.25, 0.3) is 0 Å². The van der Waals surface area contributed by atoms with Crippen LogP contribution in [0.2, 0.25) is 0 Å². The lowest BCUT2D eigenvalue weighted by molar-refractivity contribution is -0.137. The number of piperidine rings is 1. The van der Waals surface area contributed by atoms with E-state index in [2.05, 4.69) is 0 Å². The Morgan fingerprint density at radius 3 is 2.33 bits per heavy atom. The van der Waals surface area contributed by atoms with Gasteiger partial charge in [0, 0.05) is 24.3 Å². The van der Waals surface area contributed by atoms with E-state index in [0.717, 1.165) is 37.2 Å². The molecule has 0 bridgehead atoms. The van der Waals surface area contributed by atoms with E-state index in [0.29, 0.717) is 6.54 Å². The molecule has 1 heterocycles. The van der Waals surface area contributed by atoms with Crippen molar-refractivity contribution in [3.05, 3.63) is 29.8 Å². The number of halogens is 3. The van der Waals surface area contributed by atoms with E-state index in [-0.39, 0.29) is 5.54 Å². The zero-order chi connectivity index (χ0) is 13.4. The van der Waals surface area contributed by atoms with Crippen molar-refractivity contribution in [2.24, 2.45) is 5.73 Å². The maximum absolute atomic E-state index is 12.5. The molecule has 0 saturated carbocycles. The molecule has 0 aromatic heterocycles. The molecule has 5 heteroatoms. The Hall–Kier alpha value is -1.23. The van der Waals surface area contributed by atoms with E-state index in [1.807, 2.05) is 11.8 Å². The monoisotopic (exact) mass is 258 g/mol. The molecule has 1 saturated heterocycles. The summed E-state index contributed by atoms with van der Waals surface area (Å²) in [5.41, 5.74) is 6.01. The maximum atomic E-state index is 12.5. The quantitative estimate of drug-likeness (QED) is 0.839. The van der Waals surface area contributed by atoms with Gasteiger partial charge in [-0.15, -0.1) is 0 Å². The van der Waals surface area contributed by atoms with Gasteiger partial charge in [0.25, 0.3) is 0 Å². The SMILES string of the molecule is CC1(N)CCCN(c2ccc(C(F)(F)F)cc2)C1. The minimum atomic E-state index is -4.27. The summed E-state index contributed by atoms with van der Waals surface area (Å²) in [5, 5.41) is 0. The van der Waals surface area contributed by atoms with Gasteiger partial charge in [-0.05, 0) is 44.0 Å². The Morgan fingerprint density at radius 1 is 1.22 bits per heavy atom. The second-order valence-corrected chi connectivity index (χ2v) is 5.22. The number of hydrogen-bond acceptors (Lipinski definition) is 2. The third kappa shape index (κ3) is 2.96. The van der Waals surface area contributed by atoms with Crippen LogP contribution in [0.15, 0.2) is 24.3 Å². The molecule has 0 aliphatic carbocycles. The summed E-state index contributed by atoms with van der Waals surface area (Å²) in [6, 6.07) is 5.28. The standard InChI is InChI=1S/C13H17F3N2/c1-12(17)7-2-8-18(9-12)11-5-3-10(4-6-11)13(14,15)16/h3-6H,2,7-9,17H2,1H3. The summed E-state index contributed by atoms with van der Waals surface area (Å²) in [6.45, 7) is 3.50. The largest absolute Gasteiger partial charge is 0.416 e. The smallest absolute Gasteiger partial charge is 0.370 e. The zero-order valence-electron chi connectivity index (χ0n) is 10.3. The van der Waals surface area contributed by atoms with Gasteiger partial charge in [0.2, 0.25) is 0 Å². The fourth-order valence-corrected chi connectivity index (χ4v) is 2.35. The molecular weight excluding hydrogens is 241 g/mol. The fraction of sp³-hybridized carbons (Fsp3) is 0.538. The number of hydrogen-bond donors (Lipinski definition) is 1. The second kappa shape index (κ2) is 4.46. The van der Waals surface area contributed by atoms with E-state index < -0.39 is 11.7 Å². The van der Waals surface area contributed by atoms with Gasteiger partial charge in [-0.25, -0.2) is 0 Å². The number of nitrogens with zero attached hydrogens (tertiary/aromatic N) is 1. The lowest BCUT2D eigenvalue weighted by Gasteiger charge is -2.39. The topological polar surface area (TPSA) is 29.3 Å². The molecule has 100 valence electrons. The number of anilines is 1. The minimum absolute atomic E-state index is 0.263. The van der Waals surface area contributed by atoms with Crippen LogP contribution in [-0.2, 0) is 6.18 Å². The molecule has 2 rings (SSSR count). The number of alkyl halides is 3. The molecule has 2 N–H and O–H groups in total. The van der Waals surface area contributed by atoms with Crippen LogP contribution in [0.1, 0.15) is 25.3 Å². The fourth-order valence-electron chi connectivity index (χ4n) is 2.35. The highest BCUT2D eigenvalue weighted by atomic mass is 19.4. The Labute approximate surface area is 105 Å². The van der Waals surface area contributed by atoms with Crippen molar-refractivity contribution >= 4 is 5.69 Å². The lowest BCUT2D eigenvalue weighted by atomic mass is 9.92. The molecule has 1 unspecified atom stereocenters. The van der Waals surface area contributed by atoms with Crippen molar-refractivity contribution in [3.8, 4) is 0 Å². The van der Waals surface area contributed by atoms with Gasteiger partial charge in [-0.1, -0.05) is 0 Å². The average molecular weight is 258 g/mol. The number of benzene rings is 1. The Balaban J connectivity index is 2.15. The summed E-state index contributed by atoms with van der Waals surface area (Å²) in [6.07, 6.45) is -2.36. The molecule has 1 aromatic carbocycles. The average Bonchev–Trinajstić information content (AvgIpc) is 2.27. The van der Waals surface area contributed by atoms with Crippen molar-refractivity contribution in [1.82, 2.24) is 0 Å². The first-order valence-corrected chi connectivity index (χ1v) is 5.99. The van der Waals surface area contributed by atoms with Crippen molar-refractivity contribution < 1.29 is 13.2 Å². The lowest BCUT2D eigenvalue weighted by Crippen LogP contribution is -2.52. The van der Waals surface area contributed by atoms with Gasteiger partial charge < -0.3 is 10.6 Å². The third-order valence-electron chi connectivity index (χ3n) is 3.29. The first kappa shape index (κ1) is 13.2. The normalized spacial score (nSPS) is 25.3. The van der Waals surface area contributed by atoms with Crippen molar-refractivity contribution in [2.45, 2.75) is 31.5 Å². The Morgan fingerprint density at radius 2 is 1.83 bits per heavy atom. The van der Waals surface area contributed by atoms with E-state index in [9.17, 15) is 13.2 Å². The Kier molecular flexibility index (Phi) is 3.27. The van der Waals surface area contributed by atoms with Crippen molar-refractivity contribution in [3.63, 3.8) is 0 Å². The van der Waals surface area contributed by atoms with Crippen LogP contribution in [0.3, 0.4) is 0 Å². The first-order valence-electron chi connectivity index (χ1n) is 5.99. The molecule has 1 aliphatic rings. The third-order valence-corrected chi connectivity index (χ3v) is 3.29. The van der Waals surface area contributed by atoms with E-state index in [4.69, 9.17) is 5.73 Å². The van der Waals surface area contributed by atoms with Crippen LogP contribution < -0.4 is 10.6 Å². The predicted molar refractivity (Wildman–Crippen MR) is 65.5 cm³/mol. The van der Waals surface area contributed by atoms with E-state index in [1.54, 1.807) is 0 Å². The van der Waals surface area contributed by atoms with Gasteiger partial charge in [0.15, 0.2) is 0 Å². The molecule has 1 fully saturated rings. The van der Waals surface area contributed by atoms with Gasteiger partial charge in [0.05, 0.1) is 5.56 Å². The van der Waals surface area contributed by atoms with Gasteiger partial charge in [0.1, 0.15) is 0 Å². The zero-order valence-corrected chi connectivity index (χ0v) is 10.3. The molecule has 0 radical (unpaired) electrons. The summed E-state index contributed by atoms with van der Waals surface area (Å²) < 4.78 is 37.4. The number of nitrogens with two attached hydrogens (primary N) is 1. The molecule has 0 spiro atoms. The van der Waals surface area contributed by atoms with E-state index in [1.165, 1.54) is 12.1 Å². The molecular formula is C13H17F3N2. The highest BCUT2D eigenvalue weighted by Gasteiger charge is 2.31. The molecule has 18 heavy (non-hydrogen) atoms. The second-order valence-electron chi connectivity index (χ2n) is 5.22. The van der Waals surface area contributed by atoms with Gasteiger partial charge >= 0.3 is 6.18 Å². The van der Waals surface area contributed by atoms with Gasteiger partial charge in [-0.3, -0.25) is 0 Å². The van der Waals surface area contributed by atoms with Gasteiger partial charge in [-0.2, -0.15) is 13.2 Å². The summed E-state index contributed by atoms with van der Waals surface area (Å²) in [4.78, 5) is 2.05. The minimum Gasteiger partial charge on any atom is -0.370 e. The van der Waals surface area contributed by atoms with Crippen LogP contribution in [-0.4, -0.2) is 18.6 Å². The number of rotatable bonds is 1. The van der Waals surface area contributed by atoms with E-state index >= 15 is 0 Å². The van der Waals surface area contributed by atoms with Crippen LogP contribution in [0.4, 0.5) is 18.9 Å². The molecule has 1 aromatic rings. The van der Waals surface area contributed by atoms with Crippen LogP contribution in [0.5, 0.6) is 0 Å². The molecule has 1 atom stereocenters. The Bertz CT molecular complexity index is 409. The highest BCUT2D eigenvalue weighted by Crippen LogP contribution is 2.31. The van der Waals surface area contributed by atoms with Crippen molar-refractivity contribution in [2.75, 3.05) is 18.0 Å². The summed E-state index contributed by atoms with van der Waals surface area (Å²) in [7, 11) is 0. The summed E-state index contributed by atoms with van der Waals surface area (Å²) in [5.74, 6) is 0. The maximum Gasteiger partial charge on any atom is 0.416 e. The summed E-state index contributed by atoms with van der Waals surface area (Å²) >= 11 is 0. The van der Waals surface area contributed by atoms with Crippen LogP contribution in [0, 0.1) is 0 Å². The molecule has 1 aliphatic heterocycles. The predicted octanol–water partition coefficient (Wildman–Crippen LogP) is 3.02. The van der Waals surface area contributed by atoms with Crippen molar-refractivity contribution in [1.29, 1.82) is 0 Å². The van der Waals surface area contributed by atoms with Crippen LogP contribution >= 0.6 is 0 Å². The first-order chi connectivity index (χ1) is 8.28. The molecule has 2 nitrogen and oxygen atoms in total. The molecule has 0 amide bonds.